The molecule has 0 atom stereocenters. The Morgan fingerprint density at radius 3 is 2.55 bits per heavy atom. The van der Waals surface area contributed by atoms with Crippen LogP contribution in [0.1, 0.15) is 12.6 Å². The zero-order chi connectivity index (χ0) is 14.7. The van der Waals surface area contributed by atoms with Gasteiger partial charge in [0.25, 0.3) is 0 Å². The van der Waals surface area contributed by atoms with Crippen LogP contribution in [0.4, 0.5) is 5.82 Å². The molecule has 0 unspecified atom stereocenters. The van der Waals surface area contributed by atoms with Crippen LogP contribution < -0.4 is 5.32 Å². The molecule has 6 nitrogen and oxygen atoms in total. The van der Waals surface area contributed by atoms with Gasteiger partial charge in [-0.05, 0) is 19.1 Å². The second-order valence-corrected chi connectivity index (χ2v) is 4.94. The summed E-state index contributed by atoms with van der Waals surface area (Å²) in [5.74, 6) is 0.544. The fourth-order valence-corrected chi connectivity index (χ4v) is 2.22. The minimum absolute atomic E-state index is 0.0482. The molecule has 0 saturated carbocycles. The zero-order valence-corrected chi connectivity index (χ0v) is 12.3. The molecule has 1 fully saturated rings. The van der Waals surface area contributed by atoms with Gasteiger partial charge in [0.2, 0.25) is 11.8 Å². The van der Waals surface area contributed by atoms with Crippen molar-refractivity contribution in [3.8, 4) is 0 Å². The lowest BCUT2D eigenvalue weighted by atomic mass is 10.2. The van der Waals surface area contributed by atoms with Gasteiger partial charge in [-0.25, -0.2) is 4.98 Å². The van der Waals surface area contributed by atoms with Gasteiger partial charge in [0.1, 0.15) is 12.4 Å². The largest absolute Gasteiger partial charge is 0.373 e. The Labute approximate surface area is 122 Å². The van der Waals surface area contributed by atoms with Crippen LogP contribution in [0.5, 0.6) is 0 Å². The van der Waals surface area contributed by atoms with E-state index in [4.69, 9.17) is 11.6 Å². The van der Waals surface area contributed by atoms with E-state index >= 15 is 0 Å². The molecule has 1 aromatic rings. The molecule has 1 saturated heterocycles. The molecule has 7 heteroatoms. The number of carbonyl (C=O) groups is 2. The van der Waals surface area contributed by atoms with Crippen molar-refractivity contribution >= 4 is 29.2 Å². The molecule has 1 aliphatic heterocycles. The molecule has 1 aliphatic rings. The first-order valence-electron chi connectivity index (χ1n) is 6.44. The molecule has 1 N–H and O–H groups in total. The first kappa shape index (κ1) is 14.6. The lowest BCUT2D eigenvalue weighted by Gasteiger charge is -2.33. The first-order chi connectivity index (χ1) is 9.55. The van der Waals surface area contributed by atoms with Crippen molar-refractivity contribution in [1.29, 1.82) is 0 Å². The quantitative estimate of drug-likeness (QED) is 0.899. The van der Waals surface area contributed by atoms with Gasteiger partial charge in [-0.15, -0.1) is 0 Å². The molecule has 2 rings (SSSR count). The van der Waals surface area contributed by atoms with Crippen molar-refractivity contribution in [1.82, 2.24) is 14.8 Å². The lowest BCUT2D eigenvalue weighted by Crippen LogP contribution is -2.53. The Morgan fingerprint density at radius 2 is 1.90 bits per heavy atom. The summed E-state index contributed by atoms with van der Waals surface area (Å²) in [5, 5.41) is 3.41. The van der Waals surface area contributed by atoms with Crippen LogP contribution in [-0.2, 0) is 16.1 Å². The molecular weight excluding hydrogens is 280 g/mol. The summed E-state index contributed by atoms with van der Waals surface area (Å²) in [6.45, 7) is 2.85. The highest BCUT2D eigenvalue weighted by atomic mass is 35.5. The summed E-state index contributed by atoms with van der Waals surface area (Å²) in [7, 11) is 1.76. The Morgan fingerprint density at radius 1 is 1.25 bits per heavy atom. The van der Waals surface area contributed by atoms with E-state index < -0.39 is 0 Å². The number of piperazine rings is 1. The van der Waals surface area contributed by atoms with Crippen LogP contribution in [0.25, 0.3) is 0 Å². The van der Waals surface area contributed by atoms with Crippen LogP contribution in [-0.4, -0.2) is 53.3 Å². The second kappa shape index (κ2) is 6.09. The van der Waals surface area contributed by atoms with E-state index in [1.54, 1.807) is 19.2 Å². The number of nitrogens with one attached hydrogen (secondary N) is 1. The molecule has 2 heterocycles. The van der Waals surface area contributed by atoms with Crippen molar-refractivity contribution in [2.75, 3.05) is 32.0 Å². The second-order valence-electron chi connectivity index (χ2n) is 4.53. The van der Waals surface area contributed by atoms with Crippen molar-refractivity contribution in [2.45, 2.75) is 13.5 Å². The summed E-state index contributed by atoms with van der Waals surface area (Å²) < 4.78 is 0. The van der Waals surface area contributed by atoms with Gasteiger partial charge in [-0.3, -0.25) is 9.59 Å². The molecule has 0 spiro atoms. The van der Waals surface area contributed by atoms with E-state index in [-0.39, 0.29) is 31.4 Å². The van der Waals surface area contributed by atoms with E-state index in [1.807, 2.05) is 6.92 Å². The Kier molecular flexibility index (Phi) is 4.44. The summed E-state index contributed by atoms with van der Waals surface area (Å²) in [6.07, 6.45) is 0. The molecule has 0 bridgehead atoms. The van der Waals surface area contributed by atoms with Gasteiger partial charge in [0, 0.05) is 13.6 Å². The smallest absolute Gasteiger partial charge is 0.243 e. The molecule has 0 aromatic carbocycles. The van der Waals surface area contributed by atoms with E-state index in [1.165, 1.54) is 9.80 Å². The average molecular weight is 297 g/mol. The minimum atomic E-state index is -0.0841. The number of carbonyl (C=O) groups excluding carboxylic acids is 2. The normalized spacial score (nSPS) is 15.8. The Bertz CT molecular complexity index is 535. The third-order valence-corrected chi connectivity index (χ3v) is 3.60. The highest BCUT2D eigenvalue weighted by molar-refractivity contribution is 6.31. The number of amides is 2. The van der Waals surface area contributed by atoms with Crippen LogP contribution in [0.2, 0.25) is 5.02 Å². The topological polar surface area (TPSA) is 65.5 Å². The van der Waals surface area contributed by atoms with Gasteiger partial charge in [-0.1, -0.05) is 11.6 Å². The summed E-state index contributed by atoms with van der Waals surface area (Å²) in [6, 6.07) is 3.48. The summed E-state index contributed by atoms with van der Waals surface area (Å²) >= 11 is 6.09. The number of halogens is 1. The molecule has 0 radical (unpaired) electrons. The Balaban J connectivity index is 2.14. The summed E-state index contributed by atoms with van der Waals surface area (Å²) in [5.41, 5.74) is 0.588. The number of pyridine rings is 1. The van der Waals surface area contributed by atoms with Gasteiger partial charge >= 0.3 is 0 Å². The van der Waals surface area contributed by atoms with Crippen molar-refractivity contribution in [2.24, 2.45) is 0 Å². The predicted molar refractivity (Wildman–Crippen MR) is 76.5 cm³/mol. The van der Waals surface area contributed by atoms with Crippen LogP contribution in [0.3, 0.4) is 0 Å². The van der Waals surface area contributed by atoms with Crippen molar-refractivity contribution in [3.05, 3.63) is 22.8 Å². The van der Waals surface area contributed by atoms with Gasteiger partial charge < -0.3 is 15.1 Å². The molecule has 0 aliphatic carbocycles. The number of aromatic nitrogens is 1. The third-order valence-electron chi connectivity index (χ3n) is 3.25. The first-order valence-corrected chi connectivity index (χ1v) is 6.81. The number of hydrogen-bond donors (Lipinski definition) is 1. The molecule has 20 heavy (non-hydrogen) atoms. The van der Waals surface area contributed by atoms with Gasteiger partial charge in [-0.2, -0.15) is 0 Å². The minimum Gasteiger partial charge on any atom is -0.373 e. The Hall–Kier alpha value is -1.82. The maximum absolute atomic E-state index is 12.0. The lowest BCUT2D eigenvalue weighted by molar-refractivity contribution is -0.150. The summed E-state index contributed by atoms with van der Waals surface area (Å²) in [4.78, 5) is 31.2. The highest BCUT2D eigenvalue weighted by Crippen LogP contribution is 2.19. The fraction of sp³-hybridized carbons (Fsp3) is 0.462. The van der Waals surface area contributed by atoms with E-state index in [0.29, 0.717) is 23.1 Å². The maximum Gasteiger partial charge on any atom is 0.243 e. The zero-order valence-electron chi connectivity index (χ0n) is 11.5. The monoisotopic (exact) mass is 296 g/mol. The number of hydrogen-bond acceptors (Lipinski definition) is 4. The highest BCUT2D eigenvalue weighted by Gasteiger charge is 2.29. The average Bonchev–Trinajstić information content (AvgIpc) is 2.44. The number of rotatable bonds is 4. The third kappa shape index (κ3) is 3.01. The molecule has 1 aromatic heterocycles. The van der Waals surface area contributed by atoms with E-state index in [2.05, 4.69) is 10.3 Å². The van der Waals surface area contributed by atoms with Crippen LogP contribution >= 0.6 is 11.6 Å². The molecule has 2 amide bonds. The fourth-order valence-electron chi connectivity index (χ4n) is 2.05. The molecule has 108 valence electrons. The number of anilines is 1. The van der Waals surface area contributed by atoms with Crippen molar-refractivity contribution in [3.63, 3.8) is 0 Å². The number of likely N-dealkylation sites (N-methyl/N-ethyl adjacent to an activating group) is 1. The van der Waals surface area contributed by atoms with Gasteiger partial charge in [0.05, 0.1) is 23.8 Å². The van der Waals surface area contributed by atoms with E-state index in [0.717, 1.165) is 0 Å². The standard InChI is InChI=1S/C13H17ClN4O2/c1-3-17-7-13(20)18(8-12(17)19)6-10-9(14)4-5-11(15-2)16-10/h4-5H,3,6-8H2,1-2H3,(H,15,16). The SMILES string of the molecule is CCN1CC(=O)N(Cc2nc(NC)ccc2Cl)CC1=O. The predicted octanol–water partition coefficient (Wildman–Crippen LogP) is 0.967. The van der Waals surface area contributed by atoms with Crippen LogP contribution in [0.15, 0.2) is 12.1 Å². The van der Waals surface area contributed by atoms with Crippen molar-refractivity contribution < 1.29 is 9.59 Å². The maximum atomic E-state index is 12.0. The van der Waals surface area contributed by atoms with Crippen LogP contribution in [0, 0.1) is 0 Å². The van der Waals surface area contributed by atoms with Gasteiger partial charge in [0.15, 0.2) is 0 Å². The van der Waals surface area contributed by atoms with E-state index in [9.17, 15) is 9.59 Å². The molecular formula is C13H17ClN4O2. The number of nitrogens with zero attached hydrogens (tertiary/aromatic N) is 3.